The smallest absolute Gasteiger partial charge is 0.180 e. The summed E-state index contributed by atoms with van der Waals surface area (Å²) in [5, 5.41) is 0. The van der Waals surface area contributed by atoms with Crippen LogP contribution in [0.25, 0.3) is 0 Å². The van der Waals surface area contributed by atoms with Gasteiger partial charge >= 0.3 is 0 Å². The van der Waals surface area contributed by atoms with E-state index in [1.165, 1.54) is 0 Å². The van der Waals surface area contributed by atoms with E-state index in [-0.39, 0.29) is 5.78 Å². The van der Waals surface area contributed by atoms with Crippen LogP contribution in [0.15, 0.2) is 24.3 Å². The molecule has 3 nitrogen and oxygen atoms in total. The number of para-hydroxylation sites is 1. The summed E-state index contributed by atoms with van der Waals surface area (Å²) in [5.74, 6) is 0.821. The topological polar surface area (TPSA) is 29.5 Å². The van der Waals surface area contributed by atoms with Gasteiger partial charge in [0.15, 0.2) is 5.78 Å². The normalized spacial score (nSPS) is 12.5. The molecular formula is C16H25NO2. The molecule has 106 valence electrons. The van der Waals surface area contributed by atoms with E-state index in [9.17, 15) is 4.79 Å². The lowest BCUT2D eigenvalue weighted by Gasteiger charge is -2.26. The van der Waals surface area contributed by atoms with Gasteiger partial charge in [0, 0.05) is 6.04 Å². The number of benzene rings is 1. The van der Waals surface area contributed by atoms with Crippen LogP contribution in [-0.4, -0.2) is 36.4 Å². The maximum Gasteiger partial charge on any atom is 0.180 e. The van der Waals surface area contributed by atoms with E-state index in [2.05, 4.69) is 25.7 Å². The zero-order valence-electron chi connectivity index (χ0n) is 12.5. The number of likely N-dealkylation sites (N-methyl/N-ethyl adjacent to an activating group) is 1. The standard InChI is InChI=1S/C16H25NO2/c1-5-13(4)17(6-2)12-15(18)14-10-8-9-11-16(14)19-7-3/h8-11,13H,5-7,12H2,1-4H3. The van der Waals surface area contributed by atoms with Gasteiger partial charge in [-0.05, 0) is 38.9 Å². The predicted octanol–water partition coefficient (Wildman–Crippen LogP) is 3.39. The molecule has 0 aliphatic carbocycles. The zero-order valence-corrected chi connectivity index (χ0v) is 12.5. The molecule has 1 aromatic carbocycles. The van der Waals surface area contributed by atoms with Gasteiger partial charge in [-0.15, -0.1) is 0 Å². The van der Waals surface area contributed by atoms with Crippen LogP contribution < -0.4 is 4.74 Å². The largest absolute Gasteiger partial charge is 0.493 e. The Morgan fingerprint density at radius 2 is 1.95 bits per heavy atom. The maximum atomic E-state index is 12.4. The van der Waals surface area contributed by atoms with Crippen LogP contribution in [0.4, 0.5) is 0 Å². The van der Waals surface area contributed by atoms with Crippen LogP contribution in [0.3, 0.4) is 0 Å². The lowest BCUT2D eigenvalue weighted by atomic mass is 10.1. The van der Waals surface area contributed by atoms with Crippen molar-refractivity contribution < 1.29 is 9.53 Å². The molecule has 0 spiro atoms. The van der Waals surface area contributed by atoms with Gasteiger partial charge in [0.2, 0.25) is 0 Å². The van der Waals surface area contributed by atoms with Gasteiger partial charge < -0.3 is 4.74 Å². The first-order valence-corrected chi connectivity index (χ1v) is 7.13. The van der Waals surface area contributed by atoms with Crippen molar-refractivity contribution in [2.24, 2.45) is 0 Å². The van der Waals surface area contributed by atoms with E-state index in [0.717, 1.165) is 13.0 Å². The number of rotatable bonds is 8. The minimum atomic E-state index is 0.131. The number of hydrogen-bond acceptors (Lipinski definition) is 3. The molecule has 0 aliphatic heterocycles. The Morgan fingerprint density at radius 3 is 2.53 bits per heavy atom. The SMILES string of the molecule is CCOc1ccccc1C(=O)CN(CC)C(C)CC. The lowest BCUT2D eigenvalue weighted by Crippen LogP contribution is -2.37. The molecule has 0 amide bonds. The van der Waals surface area contributed by atoms with Gasteiger partial charge in [0.25, 0.3) is 0 Å². The molecule has 1 atom stereocenters. The quantitative estimate of drug-likeness (QED) is 0.673. The molecule has 0 heterocycles. The van der Waals surface area contributed by atoms with Gasteiger partial charge in [0.1, 0.15) is 5.75 Å². The molecular weight excluding hydrogens is 238 g/mol. The monoisotopic (exact) mass is 263 g/mol. The predicted molar refractivity (Wildman–Crippen MR) is 78.9 cm³/mol. The van der Waals surface area contributed by atoms with E-state index >= 15 is 0 Å². The van der Waals surface area contributed by atoms with Crippen molar-refractivity contribution >= 4 is 5.78 Å². The summed E-state index contributed by atoms with van der Waals surface area (Å²) in [6, 6.07) is 7.91. The van der Waals surface area contributed by atoms with Gasteiger partial charge in [-0.3, -0.25) is 9.69 Å². The summed E-state index contributed by atoms with van der Waals surface area (Å²) in [7, 11) is 0. The van der Waals surface area contributed by atoms with E-state index in [4.69, 9.17) is 4.74 Å². The number of ether oxygens (including phenoxy) is 1. The zero-order chi connectivity index (χ0) is 14.3. The highest BCUT2D eigenvalue weighted by atomic mass is 16.5. The third-order valence-corrected chi connectivity index (χ3v) is 3.45. The van der Waals surface area contributed by atoms with Crippen LogP contribution in [0.1, 0.15) is 44.5 Å². The molecule has 0 saturated carbocycles. The second-order valence-corrected chi connectivity index (χ2v) is 4.67. The van der Waals surface area contributed by atoms with Crippen molar-refractivity contribution in [3.8, 4) is 5.75 Å². The average Bonchev–Trinajstić information content (AvgIpc) is 2.44. The first-order valence-electron chi connectivity index (χ1n) is 7.13. The molecule has 0 saturated heterocycles. The number of hydrogen-bond donors (Lipinski definition) is 0. The fraction of sp³-hybridized carbons (Fsp3) is 0.562. The highest BCUT2D eigenvalue weighted by Crippen LogP contribution is 2.19. The molecule has 0 fully saturated rings. The van der Waals surface area contributed by atoms with E-state index in [1.807, 2.05) is 31.2 Å². The van der Waals surface area contributed by atoms with Crippen LogP contribution in [-0.2, 0) is 0 Å². The van der Waals surface area contributed by atoms with E-state index in [1.54, 1.807) is 0 Å². The third-order valence-electron chi connectivity index (χ3n) is 3.45. The van der Waals surface area contributed by atoms with E-state index < -0.39 is 0 Å². The summed E-state index contributed by atoms with van der Waals surface area (Å²) in [5.41, 5.74) is 0.686. The van der Waals surface area contributed by atoms with E-state index in [0.29, 0.717) is 30.5 Å². The minimum Gasteiger partial charge on any atom is -0.493 e. The van der Waals surface area contributed by atoms with Crippen molar-refractivity contribution in [3.05, 3.63) is 29.8 Å². The summed E-state index contributed by atoms with van der Waals surface area (Å²) in [6.45, 7) is 10.2. The Kier molecular flexibility index (Phi) is 6.57. The van der Waals surface area contributed by atoms with Gasteiger partial charge in [-0.2, -0.15) is 0 Å². The van der Waals surface area contributed by atoms with Crippen LogP contribution in [0.2, 0.25) is 0 Å². The Balaban J connectivity index is 2.82. The third kappa shape index (κ3) is 4.35. The highest BCUT2D eigenvalue weighted by molar-refractivity contribution is 6.00. The van der Waals surface area contributed by atoms with Gasteiger partial charge in [-0.25, -0.2) is 0 Å². The second kappa shape index (κ2) is 7.95. The fourth-order valence-corrected chi connectivity index (χ4v) is 2.09. The van der Waals surface area contributed by atoms with Crippen LogP contribution in [0, 0.1) is 0 Å². The molecule has 19 heavy (non-hydrogen) atoms. The molecule has 0 N–H and O–H groups in total. The van der Waals surface area contributed by atoms with Crippen molar-refractivity contribution in [1.82, 2.24) is 4.90 Å². The van der Waals surface area contributed by atoms with Crippen LogP contribution >= 0.6 is 0 Å². The summed E-state index contributed by atoms with van der Waals surface area (Å²) in [6.07, 6.45) is 1.05. The lowest BCUT2D eigenvalue weighted by molar-refractivity contribution is 0.0899. The molecule has 1 aromatic rings. The molecule has 0 aromatic heterocycles. The Hall–Kier alpha value is -1.35. The summed E-state index contributed by atoms with van der Waals surface area (Å²) >= 11 is 0. The Bertz CT molecular complexity index is 403. The molecule has 0 bridgehead atoms. The number of Topliss-reactive ketones (excluding diaryl/α,β-unsaturated/α-hetero) is 1. The van der Waals surface area contributed by atoms with Gasteiger partial charge in [-0.1, -0.05) is 26.0 Å². The number of ketones is 1. The van der Waals surface area contributed by atoms with Crippen molar-refractivity contribution in [3.63, 3.8) is 0 Å². The molecule has 0 aliphatic rings. The first-order chi connectivity index (χ1) is 9.13. The molecule has 0 radical (unpaired) electrons. The number of nitrogens with zero attached hydrogens (tertiary/aromatic N) is 1. The minimum absolute atomic E-state index is 0.131. The first kappa shape index (κ1) is 15.7. The number of carbonyl (C=O) groups excluding carboxylic acids is 1. The average molecular weight is 263 g/mol. The van der Waals surface area contributed by atoms with Crippen molar-refractivity contribution in [1.29, 1.82) is 0 Å². The van der Waals surface area contributed by atoms with Crippen molar-refractivity contribution in [2.45, 2.75) is 40.2 Å². The Labute approximate surface area is 116 Å². The highest BCUT2D eigenvalue weighted by Gasteiger charge is 2.18. The van der Waals surface area contributed by atoms with Gasteiger partial charge in [0.05, 0.1) is 18.7 Å². The summed E-state index contributed by atoms with van der Waals surface area (Å²) in [4.78, 5) is 14.6. The molecule has 1 unspecified atom stereocenters. The maximum absolute atomic E-state index is 12.4. The Morgan fingerprint density at radius 1 is 1.26 bits per heavy atom. The fourth-order valence-electron chi connectivity index (χ4n) is 2.09. The van der Waals surface area contributed by atoms with Crippen molar-refractivity contribution in [2.75, 3.05) is 19.7 Å². The molecule has 1 rings (SSSR count). The number of carbonyl (C=O) groups is 1. The molecule has 3 heteroatoms. The van der Waals surface area contributed by atoms with Crippen LogP contribution in [0.5, 0.6) is 5.75 Å². The second-order valence-electron chi connectivity index (χ2n) is 4.67. The summed E-state index contributed by atoms with van der Waals surface area (Å²) < 4.78 is 5.52.